The average Bonchev–Trinajstić information content (AvgIpc) is 2.15. The third kappa shape index (κ3) is 3.14. The molecule has 1 amide bonds. The molecule has 1 aromatic heterocycles. The number of nitrogens with one attached hydrogen (secondary N) is 1. The second kappa shape index (κ2) is 4.71. The zero-order valence-corrected chi connectivity index (χ0v) is 8.61. The van der Waals surface area contributed by atoms with Gasteiger partial charge in [0, 0.05) is 6.20 Å². The fraction of sp³-hybridized carbons (Fsp3) is 0.125. The minimum absolute atomic E-state index is 0.328. The molecule has 1 rings (SSSR count). The Labute approximate surface area is 88.3 Å². The molecule has 1 heterocycles. The normalized spacial score (nSPS) is 9.50. The lowest BCUT2D eigenvalue weighted by Crippen LogP contribution is -2.29. The largest absolute Gasteiger partial charge is 0.480 e. The van der Waals surface area contributed by atoms with Crippen LogP contribution in [0.2, 0.25) is 0 Å². The smallest absolute Gasteiger partial charge is 0.322 e. The average molecular weight is 259 g/mol. The number of carbonyl (C=O) groups is 2. The van der Waals surface area contributed by atoms with Crippen molar-refractivity contribution in [2.24, 2.45) is 0 Å². The molecular formula is C8H7BrN2O3. The molecule has 0 atom stereocenters. The Morgan fingerprint density at radius 3 is 2.71 bits per heavy atom. The van der Waals surface area contributed by atoms with Gasteiger partial charge in [0.05, 0.1) is 5.56 Å². The summed E-state index contributed by atoms with van der Waals surface area (Å²) in [6, 6.07) is 3.16. The van der Waals surface area contributed by atoms with Crippen LogP contribution in [0.15, 0.2) is 22.9 Å². The van der Waals surface area contributed by atoms with Crippen LogP contribution < -0.4 is 5.32 Å². The molecule has 0 unspecified atom stereocenters. The molecule has 1 aromatic rings. The van der Waals surface area contributed by atoms with Crippen LogP contribution in [-0.4, -0.2) is 28.5 Å². The van der Waals surface area contributed by atoms with E-state index in [1.165, 1.54) is 6.20 Å². The van der Waals surface area contributed by atoms with Gasteiger partial charge >= 0.3 is 5.97 Å². The summed E-state index contributed by atoms with van der Waals surface area (Å²) in [4.78, 5) is 25.2. The molecule has 0 aliphatic heterocycles. The molecule has 2 N–H and O–H groups in total. The van der Waals surface area contributed by atoms with Crippen molar-refractivity contribution in [1.29, 1.82) is 0 Å². The first-order valence-electron chi connectivity index (χ1n) is 3.71. The maximum atomic E-state index is 11.2. The second-order valence-electron chi connectivity index (χ2n) is 2.45. The van der Waals surface area contributed by atoms with Crippen molar-refractivity contribution < 1.29 is 14.7 Å². The maximum absolute atomic E-state index is 11.2. The Hall–Kier alpha value is -1.43. The van der Waals surface area contributed by atoms with Crippen molar-refractivity contribution in [3.05, 3.63) is 28.5 Å². The summed E-state index contributed by atoms with van der Waals surface area (Å²) >= 11 is 3.12. The fourth-order valence-corrected chi connectivity index (χ4v) is 1.00. The Bertz CT molecular complexity index is 350. The van der Waals surface area contributed by atoms with E-state index in [0.29, 0.717) is 10.2 Å². The number of nitrogens with zero attached hydrogens (tertiary/aromatic N) is 1. The van der Waals surface area contributed by atoms with Gasteiger partial charge in [0.25, 0.3) is 5.91 Å². The molecule has 74 valence electrons. The Kier molecular flexibility index (Phi) is 3.58. The van der Waals surface area contributed by atoms with Crippen molar-refractivity contribution in [2.75, 3.05) is 6.54 Å². The first kappa shape index (κ1) is 10.6. The SMILES string of the molecule is O=C(O)CNC(=O)c1ccc(Br)nc1. The molecule has 5 nitrogen and oxygen atoms in total. The molecule has 0 aliphatic rings. The zero-order chi connectivity index (χ0) is 10.6. The molecule has 0 bridgehead atoms. The summed E-state index contributed by atoms with van der Waals surface area (Å²) in [6.45, 7) is -0.394. The van der Waals surface area contributed by atoms with Gasteiger partial charge in [0.1, 0.15) is 11.1 Å². The standard InChI is InChI=1S/C8H7BrN2O3/c9-6-2-1-5(3-10-6)8(14)11-4-7(12)13/h1-3H,4H2,(H,11,14)(H,12,13). The van der Waals surface area contributed by atoms with Crippen molar-refractivity contribution in [3.63, 3.8) is 0 Å². The van der Waals surface area contributed by atoms with Crippen LogP contribution in [-0.2, 0) is 4.79 Å². The number of amides is 1. The highest BCUT2D eigenvalue weighted by Gasteiger charge is 2.06. The van der Waals surface area contributed by atoms with Crippen LogP contribution in [0.1, 0.15) is 10.4 Å². The van der Waals surface area contributed by atoms with Crippen LogP contribution in [0.4, 0.5) is 0 Å². The number of carboxylic acid groups (broad SMARTS) is 1. The van der Waals surface area contributed by atoms with Crippen LogP contribution in [0.25, 0.3) is 0 Å². The molecule has 0 spiro atoms. The topological polar surface area (TPSA) is 79.3 Å². The second-order valence-corrected chi connectivity index (χ2v) is 3.26. The summed E-state index contributed by atoms with van der Waals surface area (Å²) in [7, 11) is 0. The van der Waals surface area contributed by atoms with Gasteiger partial charge < -0.3 is 10.4 Å². The summed E-state index contributed by atoms with van der Waals surface area (Å²) in [6.07, 6.45) is 1.36. The van der Waals surface area contributed by atoms with E-state index in [4.69, 9.17) is 5.11 Å². The van der Waals surface area contributed by atoms with Crippen molar-refractivity contribution >= 4 is 27.8 Å². The predicted molar refractivity (Wildman–Crippen MR) is 51.9 cm³/mol. The highest BCUT2D eigenvalue weighted by atomic mass is 79.9. The summed E-state index contributed by atoms with van der Waals surface area (Å²) < 4.78 is 0.618. The molecule has 0 saturated carbocycles. The highest BCUT2D eigenvalue weighted by Crippen LogP contribution is 2.05. The van der Waals surface area contributed by atoms with E-state index in [9.17, 15) is 9.59 Å². The van der Waals surface area contributed by atoms with E-state index in [-0.39, 0.29) is 0 Å². The summed E-state index contributed by atoms with van der Waals surface area (Å²) in [5.41, 5.74) is 0.328. The van der Waals surface area contributed by atoms with E-state index in [0.717, 1.165) is 0 Å². The number of carbonyl (C=O) groups excluding carboxylic acids is 1. The van der Waals surface area contributed by atoms with Gasteiger partial charge in [-0.05, 0) is 28.1 Å². The van der Waals surface area contributed by atoms with Gasteiger partial charge in [-0.3, -0.25) is 9.59 Å². The highest BCUT2D eigenvalue weighted by molar-refractivity contribution is 9.10. The van der Waals surface area contributed by atoms with Crippen LogP contribution in [0.3, 0.4) is 0 Å². The van der Waals surface area contributed by atoms with E-state index in [2.05, 4.69) is 26.2 Å². The molecule has 14 heavy (non-hydrogen) atoms. The minimum atomic E-state index is -1.08. The third-order valence-corrected chi connectivity index (χ3v) is 1.86. The monoisotopic (exact) mass is 258 g/mol. The number of carboxylic acids is 1. The van der Waals surface area contributed by atoms with Gasteiger partial charge in [-0.1, -0.05) is 0 Å². The van der Waals surface area contributed by atoms with Crippen LogP contribution in [0.5, 0.6) is 0 Å². The number of aromatic nitrogens is 1. The summed E-state index contributed by atoms with van der Waals surface area (Å²) in [5, 5.41) is 10.5. The van der Waals surface area contributed by atoms with Crippen molar-refractivity contribution in [1.82, 2.24) is 10.3 Å². The van der Waals surface area contributed by atoms with Gasteiger partial charge in [0.15, 0.2) is 0 Å². The first-order chi connectivity index (χ1) is 6.59. The fourth-order valence-electron chi connectivity index (χ4n) is 0.768. The van der Waals surface area contributed by atoms with Gasteiger partial charge in [-0.2, -0.15) is 0 Å². The molecule has 0 saturated heterocycles. The molecule has 6 heteroatoms. The van der Waals surface area contributed by atoms with E-state index in [1.807, 2.05) is 0 Å². The third-order valence-electron chi connectivity index (χ3n) is 1.39. The van der Waals surface area contributed by atoms with Gasteiger partial charge in [0.2, 0.25) is 0 Å². The number of halogens is 1. The number of rotatable bonds is 3. The molecule has 0 fully saturated rings. The van der Waals surface area contributed by atoms with E-state index < -0.39 is 18.4 Å². The zero-order valence-electron chi connectivity index (χ0n) is 7.03. The van der Waals surface area contributed by atoms with Crippen LogP contribution in [0, 0.1) is 0 Å². The number of hydrogen-bond donors (Lipinski definition) is 2. The predicted octanol–water partition coefficient (Wildman–Crippen LogP) is 0.658. The summed E-state index contributed by atoms with van der Waals surface area (Å²) in [5.74, 6) is -1.53. The lowest BCUT2D eigenvalue weighted by atomic mass is 10.3. The van der Waals surface area contributed by atoms with Gasteiger partial charge in [-0.25, -0.2) is 4.98 Å². The van der Waals surface area contributed by atoms with E-state index in [1.54, 1.807) is 12.1 Å². The van der Waals surface area contributed by atoms with Crippen molar-refractivity contribution in [2.45, 2.75) is 0 Å². The molecule has 0 aliphatic carbocycles. The van der Waals surface area contributed by atoms with Crippen molar-refractivity contribution in [3.8, 4) is 0 Å². The number of pyridine rings is 1. The first-order valence-corrected chi connectivity index (χ1v) is 4.50. The number of aliphatic carboxylic acids is 1. The van der Waals surface area contributed by atoms with E-state index >= 15 is 0 Å². The maximum Gasteiger partial charge on any atom is 0.322 e. The quantitative estimate of drug-likeness (QED) is 0.781. The van der Waals surface area contributed by atoms with Gasteiger partial charge in [-0.15, -0.1) is 0 Å². The Morgan fingerprint density at radius 2 is 2.21 bits per heavy atom. The molecule has 0 radical (unpaired) electrons. The Balaban J connectivity index is 2.61. The molecule has 0 aromatic carbocycles. The lowest BCUT2D eigenvalue weighted by Gasteiger charge is -2.01. The molecular weight excluding hydrogens is 252 g/mol. The van der Waals surface area contributed by atoms with Crippen LogP contribution >= 0.6 is 15.9 Å². The minimum Gasteiger partial charge on any atom is -0.480 e. The number of hydrogen-bond acceptors (Lipinski definition) is 3. The lowest BCUT2D eigenvalue weighted by molar-refractivity contribution is -0.135. The Morgan fingerprint density at radius 1 is 1.50 bits per heavy atom.